The molecule has 1 aliphatic heterocycles. The largest absolute Gasteiger partial charge is 0.488 e. The standard InChI is InChI=1S/C28H33N3O4/c1-19-25(33-18-22-7-5-6-21(16-22)17-29)11-9-23-24(30-35-26(19)23)10-8-20-12-14-31(15-13-20)27(32)34-28(2,3)4/h5-7,9,11,16,20H,8,10,12-15,18H2,1-4H3. The molecule has 184 valence electrons. The Morgan fingerprint density at radius 2 is 2.00 bits per heavy atom. The molecule has 3 aromatic rings. The number of piperidine rings is 1. The fourth-order valence-electron chi connectivity index (χ4n) is 4.47. The molecule has 0 radical (unpaired) electrons. The van der Waals surface area contributed by atoms with Gasteiger partial charge in [0.05, 0.1) is 17.3 Å². The van der Waals surface area contributed by atoms with Crippen molar-refractivity contribution in [3.8, 4) is 11.8 Å². The number of carbonyl (C=O) groups is 1. The minimum atomic E-state index is -0.465. The second kappa shape index (κ2) is 10.4. The Morgan fingerprint density at radius 1 is 1.23 bits per heavy atom. The van der Waals surface area contributed by atoms with Crippen molar-refractivity contribution >= 4 is 17.1 Å². The van der Waals surface area contributed by atoms with Crippen LogP contribution in [0.1, 0.15) is 62.4 Å². The molecule has 2 aromatic carbocycles. The van der Waals surface area contributed by atoms with Crippen molar-refractivity contribution in [3.05, 3.63) is 58.8 Å². The molecular weight excluding hydrogens is 442 g/mol. The zero-order valence-corrected chi connectivity index (χ0v) is 21.0. The number of fused-ring (bicyclic) bond motifs is 1. The van der Waals surface area contributed by atoms with Gasteiger partial charge in [0.2, 0.25) is 0 Å². The zero-order chi connectivity index (χ0) is 25.0. The molecule has 0 N–H and O–H groups in total. The number of rotatable bonds is 6. The van der Waals surface area contributed by atoms with Crippen LogP contribution in [0.15, 0.2) is 40.9 Å². The fraction of sp³-hybridized carbons (Fsp3) is 0.464. The number of carbonyl (C=O) groups excluding carboxylic acids is 1. The van der Waals surface area contributed by atoms with Crippen LogP contribution in [0.3, 0.4) is 0 Å². The van der Waals surface area contributed by atoms with E-state index in [4.69, 9.17) is 19.3 Å². The topological polar surface area (TPSA) is 88.6 Å². The van der Waals surface area contributed by atoms with Crippen LogP contribution in [-0.2, 0) is 17.8 Å². The summed E-state index contributed by atoms with van der Waals surface area (Å²) in [4.78, 5) is 14.1. The van der Waals surface area contributed by atoms with Crippen LogP contribution in [0.2, 0.25) is 0 Å². The van der Waals surface area contributed by atoms with Crippen molar-refractivity contribution in [2.45, 2.75) is 65.6 Å². The quantitative estimate of drug-likeness (QED) is 0.424. The van der Waals surface area contributed by atoms with Crippen LogP contribution in [0, 0.1) is 24.2 Å². The Bertz CT molecular complexity index is 1230. The van der Waals surface area contributed by atoms with E-state index in [0.717, 1.165) is 72.3 Å². The van der Waals surface area contributed by atoms with Gasteiger partial charge in [0, 0.05) is 24.0 Å². The van der Waals surface area contributed by atoms with E-state index < -0.39 is 5.60 Å². The lowest BCUT2D eigenvalue weighted by atomic mass is 9.91. The van der Waals surface area contributed by atoms with E-state index >= 15 is 0 Å². The van der Waals surface area contributed by atoms with E-state index in [0.29, 0.717) is 18.1 Å². The van der Waals surface area contributed by atoms with Crippen molar-refractivity contribution < 1.29 is 18.8 Å². The molecule has 2 heterocycles. The maximum atomic E-state index is 12.3. The molecule has 0 atom stereocenters. The van der Waals surface area contributed by atoms with Crippen molar-refractivity contribution in [1.82, 2.24) is 10.1 Å². The maximum Gasteiger partial charge on any atom is 0.410 e. The molecule has 1 saturated heterocycles. The predicted molar refractivity (Wildman–Crippen MR) is 133 cm³/mol. The molecule has 1 aliphatic rings. The van der Waals surface area contributed by atoms with E-state index in [1.165, 1.54) is 0 Å². The van der Waals surface area contributed by atoms with Crippen molar-refractivity contribution in [2.24, 2.45) is 5.92 Å². The number of hydrogen-bond donors (Lipinski definition) is 0. The summed E-state index contributed by atoms with van der Waals surface area (Å²) in [5, 5.41) is 14.5. The van der Waals surface area contributed by atoms with Gasteiger partial charge in [0.15, 0.2) is 5.58 Å². The average molecular weight is 476 g/mol. The van der Waals surface area contributed by atoms with Crippen LogP contribution in [0.4, 0.5) is 4.79 Å². The molecule has 7 heteroatoms. The summed E-state index contributed by atoms with van der Waals surface area (Å²) < 4.78 is 17.2. The van der Waals surface area contributed by atoms with Gasteiger partial charge in [0.1, 0.15) is 18.0 Å². The summed E-state index contributed by atoms with van der Waals surface area (Å²) in [7, 11) is 0. The smallest absolute Gasteiger partial charge is 0.410 e. The van der Waals surface area contributed by atoms with Crippen LogP contribution >= 0.6 is 0 Å². The number of nitriles is 1. The van der Waals surface area contributed by atoms with Crippen LogP contribution in [0.25, 0.3) is 11.0 Å². The van der Waals surface area contributed by atoms with Gasteiger partial charge in [-0.15, -0.1) is 0 Å². The number of likely N-dealkylation sites (tertiary alicyclic amines) is 1. The van der Waals surface area contributed by atoms with Gasteiger partial charge in [0.25, 0.3) is 0 Å². The Kier molecular flexibility index (Phi) is 7.30. The van der Waals surface area contributed by atoms with Crippen molar-refractivity contribution in [1.29, 1.82) is 5.26 Å². The zero-order valence-electron chi connectivity index (χ0n) is 21.0. The van der Waals surface area contributed by atoms with E-state index in [2.05, 4.69) is 11.2 Å². The van der Waals surface area contributed by atoms with E-state index in [9.17, 15) is 4.79 Å². The minimum Gasteiger partial charge on any atom is -0.488 e. The SMILES string of the molecule is Cc1c(OCc2cccc(C#N)c2)ccc2c(CCC3CCN(C(=O)OC(C)(C)C)CC3)noc12. The highest BCUT2D eigenvalue weighted by Gasteiger charge is 2.27. The second-order valence-electron chi connectivity index (χ2n) is 10.2. The lowest BCUT2D eigenvalue weighted by Crippen LogP contribution is -2.41. The van der Waals surface area contributed by atoms with Gasteiger partial charge >= 0.3 is 6.09 Å². The monoisotopic (exact) mass is 475 g/mol. The summed E-state index contributed by atoms with van der Waals surface area (Å²) in [6.45, 7) is 9.50. The molecule has 0 bridgehead atoms. The molecule has 7 nitrogen and oxygen atoms in total. The summed E-state index contributed by atoms with van der Waals surface area (Å²) in [5.74, 6) is 1.30. The minimum absolute atomic E-state index is 0.218. The van der Waals surface area contributed by atoms with Gasteiger partial charge in [-0.1, -0.05) is 17.3 Å². The van der Waals surface area contributed by atoms with Gasteiger partial charge < -0.3 is 18.9 Å². The fourth-order valence-corrected chi connectivity index (χ4v) is 4.47. The van der Waals surface area contributed by atoms with E-state index in [1.54, 1.807) is 6.07 Å². The molecule has 0 unspecified atom stereocenters. The first-order chi connectivity index (χ1) is 16.7. The molecule has 1 fully saturated rings. The lowest BCUT2D eigenvalue weighted by molar-refractivity contribution is 0.0181. The summed E-state index contributed by atoms with van der Waals surface area (Å²) in [6.07, 6.45) is 3.57. The highest BCUT2D eigenvalue weighted by Crippen LogP contribution is 2.32. The second-order valence-corrected chi connectivity index (χ2v) is 10.2. The number of ether oxygens (including phenoxy) is 2. The molecule has 0 spiro atoms. The van der Waals surface area contributed by atoms with Crippen LogP contribution in [-0.4, -0.2) is 34.8 Å². The third kappa shape index (κ3) is 6.13. The molecule has 1 amide bonds. The first-order valence-corrected chi connectivity index (χ1v) is 12.2. The van der Waals surface area contributed by atoms with Gasteiger partial charge in [-0.2, -0.15) is 5.26 Å². The average Bonchev–Trinajstić information content (AvgIpc) is 3.25. The Hall–Kier alpha value is -3.53. The van der Waals surface area contributed by atoms with Gasteiger partial charge in [-0.25, -0.2) is 4.79 Å². The molecule has 0 saturated carbocycles. The van der Waals surface area contributed by atoms with Crippen LogP contribution < -0.4 is 4.74 Å². The van der Waals surface area contributed by atoms with Crippen molar-refractivity contribution in [3.63, 3.8) is 0 Å². The number of aromatic nitrogens is 1. The van der Waals surface area contributed by atoms with E-state index in [-0.39, 0.29) is 6.09 Å². The Labute approximate surface area is 206 Å². The van der Waals surface area contributed by atoms with Gasteiger partial charge in [-0.05, 0) is 89.1 Å². The molecular formula is C28H33N3O4. The third-order valence-electron chi connectivity index (χ3n) is 6.42. The summed E-state index contributed by atoms with van der Waals surface area (Å²) in [5.41, 5.74) is 3.73. The lowest BCUT2D eigenvalue weighted by Gasteiger charge is -2.33. The Balaban J connectivity index is 1.33. The molecule has 35 heavy (non-hydrogen) atoms. The maximum absolute atomic E-state index is 12.3. The Morgan fingerprint density at radius 3 is 2.71 bits per heavy atom. The summed E-state index contributed by atoms with van der Waals surface area (Å²) >= 11 is 0. The highest BCUT2D eigenvalue weighted by atomic mass is 16.6. The first-order valence-electron chi connectivity index (χ1n) is 12.2. The third-order valence-corrected chi connectivity index (χ3v) is 6.42. The number of nitrogens with zero attached hydrogens (tertiary/aromatic N) is 3. The predicted octanol–water partition coefficient (Wildman–Crippen LogP) is 6.17. The summed E-state index contributed by atoms with van der Waals surface area (Å²) in [6, 6.07) is 13.5. The number of aryl methyl sites for hydroxylation is 2. The normalized spacial score (nSPS) is 14.7. The molecule has 1 aromatic heterocycles. The molecule has 4 rings (SSSR count). The number of amides is 1. The number of benzene rings is 2. The highest BCUT2D eigenvalue weighted by molar-refractivity contribution is 5.84. The molecule has 0 aliphatic carbocycles. The first kappa shape index (κ1) is 24.6. The van der Waals surface area contributed by atoms with Crippen LogP contribution in [0.5, 0.6) is 5.75 Å². The number of hydrogen-bond acceptors (Lipinski definition) is 6. The van der Waals surface area contributed by atoms with E-state index in [1.807, 2.05) is 62.9 Å². The van der Waals surface area contributed by atoms with Gasteiger partial charge in [-0.3, -0.25) is 0 Å². The van der Waals surface area contributed by atoms with Crippen molar-refractivity contribution in [2.75, 3.05) is 13.1 Å².